The second kappa shape index (κ2) is 8.78. The van der Waals surface area contributed by atoms with Crippen LogP contribution in [0.3, 0.4) is 0 Å². The van der Waals surface area contributed by atoms with Crippen molar-refractivity contribution in [2.45, 2.75) is 0 Å². The Labute approximate surface area is 173 Å². The van der Waals surface area contributed by atoms with Crippen LogP contribution >= 0.6 is 11.3 Å². The zero-order chi connectivity index (χ0) is 21.8. The van der Waals surface area contributed by atoms with Gasteiger partial charge in [0.15, 0.2) is 10.8 Å². The van der Waals surface area contributed by atoms with Crippen molar-refractivity contribution >= 4 is 34.3 Å². The first kappa shape index (κ1) is 21.1. The molecular weight excluding hydrogens is 418 g/mol. The number of carbonyl (C=O) groups excluding carboxylic acids is 3. The molecule has 10 heteroatoms. The summed E-state index contributed by atoms with van der Waals surface area (Å²) < 4.78 is 37.1. The number of nitrogens with one attached hydrogen (secondary N) is 1. The number of hydrogen-bond donors (Lipinski definition) is 1. The first-order valence-corrected chi connectivity index (χ1v) is 9.20. The summed E-state index contributed by atoms with van der Waals surface area (Å²) in [5, 5.41) is 2.21. The normalized spacial score (nSPS) is 10.4. The van der Waals surface area contributed by atoms with E-state index in [0.29, 0.717) is 5.56 Å². The second-order valence-corrected chi connectivity index (χ2v) is 6.81. The zero-order valence-corrected chi connectivity index (χ0v) is 16.5. The van der Waals surface area contributed by atoms with Gasteiger partial charge < -0.3 is 9.47 Å². The maximum absolute atomic E-state index is 13.9. The van der Waals surface area contributed by atoms with Crippen LogP contribution in [-0.4, -0.2) is 37.0 Å². The number of ether oxygens (including phenoxy) is 2. The lowest BCUT2D eigenvalue weighted by molar-refractivity contribution is 0.0590. The fourth-order valence-corrected chi connectivity index (χ4v) is 3.53. The molecule has 0 bridgehead atoms. The number of nitrogens with zero attached hydrogens (tertiary/aromatic N) is 1. The third-order valence-corrected chi connectivity index (χ3v) is 4.98. The van der Waals surface area contributed by atoms with Gasteiger partial charge in [0.1, 0.15) is 17.2 Å². The van der Waals surface area contributed by atoms with E-state index in [4.69, 9.17) is 4.74 Å². The minimum absolute atomic E-state index is 0.0819. The number of thiazole rings is 1. The quantitative estimate of drug-likeness (QED) is 0.615. The SMILES string of the molecule is COC(=O)c1cccc(-c2sc(NC(=O)c3c(F)cccc3F)nc2C(=O)OC)c1. The fourth-order valence-electron chi connectivity index (χ4n) is 2.58. The predicted molar refractivity (Wildman–Crippen MR) is 105 cm³/mol. The van der Waals surface area contributed by atoms with E-state index in [1.807, 2.05) is 0 Å². The van der Waals surface area contributed by atoms with Crippen LogP contribution in [0.4, 0.5) is 13.9 Å². The number of methoxy groups -OCH3 is 2. The maximum Gasteiger partial charge on any atom is 0.358 e. The van der Waals surface area contributed by atoms with Crippen LogP contribution in [0.1, 0.15) is 31.2 Å². The average molecular weight is 432 g/mol. The van der Waals surface area contributed by atoms with Gasteiger partial charge in [-0.3, -0.25) is 10.1 Å². The van der Waals surface area contributed by atoms with Crippen LogP contribution in [0, 0.1) is 11.6 Å². The molecule has 1 N–H and O–H groups in total. The Hall–Kier alpha value is -3.66. The minimum atomic E-state index is -1.06. The number of hydrogen-bond acceptors (Lipinski definition) is 7. The first-order valence-electron chi connectivity index (χ1n) is 8.39. The third-order valence-electron chi connectivity index (χ3n) is 3.96. The van der Waals surface area contributed by atoms with E-state index in [0.717, 1.165) is 36.6 Å². The number of esters is 2. The molecule has 0 fully saturated rings. The van der Waals surface area contributed by atoms with Crippen molar-refractivity contribution in [2.75, 3.05) is 19.5 Å². The van der Waals surface area contributed by atoms with Crippen molar-refractivity contribution in [3.05, 3.63) is 70.9 Å². The Morgan fingerprint density at radius 1 is 0.967 bits per heavy atom. The molecule has 0 atom stereocenters. The van der Waals surface area contributed by atoms with Crippen molar-refractivity contribution in [1.82, 2.24) is 4.98 Å². The maximum atomic E-state index is 13.9. The van der Waals surface area contributed by atoms with Gasteiger partial charge in [0.2, 0.25) is 0 Å². The van der Waals surface area contributed by atoms with Gasteiger partial charge in [-0.25, -0.2) is 23.4 Å². The Bertz CT molecular complexity index is 1130. The zero-order valence-electron chi connectivity index (χ0n) is 15.7. The molecule has 0 spiro atoms. The Balaban J connectivity index is 2.01. The Kier molecular flexibility index (Phi) is 6.17. The van der Waals surface area contributed by atoms with Crippen LogP contribution in [0.5, 0.6) is 0 Å². The molecule has 1 aromatic heterocycles. The molecule has 0 unspecified atom stereocenters. The molecule has 3 rings (SSSR count). The molecule has 154 valence electrons. The molecule has 0 aliphatic heterocycles. The van der Waals surface area contributed by atoms with Crippen molar-refractivity contribution in [3.8, 4) is 10.4 Å². The highest BCUT2D eigenvalue weighted by molar-refractivity contribution is 7.19. The summed E-state index contributed by atoms with van der Waals surface area (Å²) in [6.07, 6.45) is 0. The summed E-state index contributed by atoms with van der Waals surface area (Å²) in [5.74, 6) is -4.51. The number of rotatable bonds is 5. The summed E-state index contributed by atoms with van der Waals surface area (Å²) in [6.45, 7) is 0. The van der Waals surface area contributed by atoms with E-state index in [9.17, 15) is 23.2 Å². The first-order chi connectivity index (χ1) is 14.3. The number of halogens is 2. The second-order valence-electron chi connectivity index (χ2n) is 5.81. The molecule has 1 heterocycles. The summed E-state index contributed by atoms with van der Waals surface area (Å²) in [5.41, 5.74) is -0.234. The number of anilines is 1. The van der Waals surface area contributed by atoms with Gasteiger partial charge in [0, 0.05) is 0 Å². The van der Waals surface area contributed by atoms with Gasteiger partial charge in [-0.15, -0.1) is 0 Å². The van der Waals surface area contributed by atoms with Gasteiger partial charge >= 0.3 is 11.9 Å². The van der Waals surface area contributed by atoms with Crippen molar-refractivity contribution < 1.29 is 32.6 Å². The molecule has 30 heavy (non-hydrogen) atoms. The van der Waals surface area contributed by atoms with Crippen LogP contribution in [0.2, 0.25) is 0 Å². The highest BCUT2D eigenvalue weighted by Gasteiger charge is 2.24. The largest absolute Gasteiger partial charge is 0.465 e. The highest BCUT2D eigenvalue weighted by Crippen LogP contribution is 2.34. The van der Waals surface area contributed by atoms with Crippen molar-refractivity contribution in [1.29, 1.82) is 0 Å². The Morgan fingerprint density at radius 2 is 1.60 bits per heavy atom. The lowest BCUT2D eigenvalue weighted by Gasteiger charge is -2.04. The molecular formula is C20H14F2N2O5S. The molecule has 1 amide bonds. The van der Waals surface area contributed by atoms with E-state index in [-0.39, 0.29) is 21.3 Å². The monoisotopic (exact) mass is 432 g/mol. The predicted octanol–water partition coefficient (Wildman–Crippen LogP) is 3.91. The summed E-state index contributed by atoms with van der Waals surface area (Å²) in [4.78, 5) is 40.6. The average Bonchev–Trinajstić information content (AvgIpc) is 3.16. The highest BCUT2D eigenvalue weighted by atomic mass is 32.1. The third kappa shape index (κ3) is 4.18. The summed E-state index contributed by atoms with van der Waals surface area (Å²) in [6, 6.07) is 9.23. The van der Waals surface area contributed by atoms with Crippen molar-refractivity contribution in [3.63, 3.8) is 0 Å². The fraction of sp³-hybridized carbons (Fsp3) is 0.100. The van der Waals surface area contributed by atoms with Gasteiger partial charge in [-0.1, -0.05) is 29.5 Å². The molecule has 0 saturated carbocycles. The van der Waals surface area contributed by atoms with Gasteiger partial charge in [-0.2, -0.15) is 0 Å². The van der Waals surface area contributed by atoms with E-state index in [2.05, 4.69) is 15.0 Å². The lowest BCUT2D eigenvalue weighted by atomic mass is 10.1. The number of amides is 1. The van der Waals surface area contributed by atoms with Gasteiger partial charge in [0.25, 0.3) is 5.91 Å². The molecule has 0 aliphatic carbocycles. The number of carbonyl (C=O) groups is 3. The molecule has 0 saturated heterocycles. The van der Waals surface area contributed by atoms with E-state index < -0.39 is 35.0 Å². The van der Waals surface area contributed by atoms with Crippen molar-refractivity contribution in [2.24, 2.45) is 0 Å². The summed E-state index contributed by atoms with van der Waals surface area (Å²) >= 11 is 0.878. The van der Waals surface area contributed by atoms with Crippen LogP contribution in [0.15, 0.2) is 42.5 Å². The molecule has 7 nitrogen and oxygen atoms in total. The number of aromatic nitrogens is 1. The van der Waals surface area contributed by atoms with Crippen LogP contribution in [0.25, 0.3) is 10.4 Å². The summed E-state index contributed by atoms with van der Waals surface area (Å²) in [7, 11) is 2.39. The van der Waals surface area contributed by atoms with Crippen LogP contribution < -0.4 is 5.32 Å². The van der Waals surface area contributed by atoms with Crippen LogP contribution in [-0.2, 0) is 9.47 Å². The molecule has 2 aromatic carbocycles. The van der Waals surface area contributed by atoms with E-state index in [1.54, 1.807) is 12.1 Å². The molecule has 0 aliphatic rings. The van der Waals surface area contributed by atoms with E-state index in [1.165, 1.54) is 19.2 Å². The molecule has 0 radical (unpaired) electrons. The van der Waals surface area contributed by atoms with Gasteiger partial charge in [-0.05, 0) is 29.8 Å². The van der Waals surface area contributed by atoms with E-state index >= 15 is 0 Å². The Morgan fingerprint density at radius 3 is 2.23 bits per heavy atom. The molecule has 3 aromatic rings. The smallest absolute Gasteiger partial charge is 0.358 e. The standard InChI is InChI=1S/C20H14F2N2O5S/c1-28-18(26)11-6-3-5-10(9-11)16-15(19(27)29-2)23-20(30-16)24-17(25)14-12(21)7-4-8-13(14)22/h3-9H,1-2H3,(H,23,24,25). The minimum Gasteiger partial charge on any atom is -0.465 e. The van der Waals surface area contributed by atoms with Gasteiger partial charge in [0.05, 0.1) is 24.7 Å². The number of benzene rings is 2. The lowest BCUT2D eigenvalue weighted by Crippen LogP contribution is -2.16. The topological polar surface area (TPSA) is 94.6 Å².